The van der Waals surface area contributed by atoms with E-state index in [0.717, 1.165) is 10.1 Å². The van der Waals surface area contributed by atoms with Crippen molar-refractivity contribution in [3.05, 3.63) is 96.7 Å². The van der Waals surface area contributed by atoms with E-state index in [1.807, 2.05) is 0 Å². The number of carbonyl (C=O) groups is 1. The number of nitrogens with zero attached hydrogens (tertiary/aromatic N) is 2. The zero-order chi connectivity index (χ0) is 22.1. The second kappa shape index (κ2) is 8.49. The molecule has 0 saturated carbocycles. The SMILES string of the molecule is Cc1cc(-n2c(=O)c3sccc3n(CC(=O)NCc3ccc(Cl)cc3)c2=O)ccc1F. The smallest absolute Gasteiger partial charge is 0.336 e. The molecule has 31 heavy (non-hydrogen) atoms. The molecule has 9 heteroatoms. The Labute approximate surface area is 185 Å². The maximum absolute atomic E-state index is 13.7. The van der Waals surface area contributed by atoms with Gasteiger partial charge in [-0.05, 0) is 59.8 Å². The topological polar surface area (TPSA) is 73.1 Å². The number of amides is 1. The summed E-state index contributed by atoms with van der Waals surface area (Å²) >= 11 is 7.05. The monoisotopic (exact) mass is 457 g/mol. The molecule has 0 radical (unpaired) electrons. The molecule has 0 fully saturated rings. The normalized spacial score (nSPS) is 11.1. The summed E-state index contributed by atoms with van der Waals surface area (Å²) in [5.74, 6) is -0.819. The number of halogens is 2. The first-order valence-electron chi connectivity index (χ1n) is 9.36. The molecule has 6 nitrogen and oxygen atoms in total. The fourth-order valence-electron chi connectivity index (χ4n) is 3.24. The first-order valence-corrected chi connectivity index (χ1v) is 10.6. The lowest BCUT2D eigenvalue weighted by Crippen LogP contribution is -2.41. The third kappa shape index (κ3) is 4.17. The quantitative estimate of drug-likeness (QED) is 0.497. The van der Waals surface area contributed by atoms with Crippen LogP contribution in [0.5, 0.6) is 0 Å². The van der Waals surface area contributed by atoms with Gasteiger partial charge in [-0.25, -0.2) is 13.8 Å². The van der Waals surface area contributed by atoms with Crippen LogP contribution in [0.2, 0.25) is 5.02 Å². The van der Waals surface area contributed by atoms with Crippen molar-refractivity contribution in [2.45, 2.75) is 20.0 Å². The van der Waals surface area contributed by atoms with E-state index in [-0.39, 0.29) is 24.7 Å². The van der Waals surface area contributed by atoms with E-state index in [4.69, 9.17) is 11.6 Å². The van der Waals surface area contributed by atoms with E-state index in [2.05, 4.69) is 5.32 Å². The lowest BCUT2D eigenvalue weighted by Gasteiger charge is -2.13. The predicted molar refractivity (Wildman–Crippen MR) is 120 cm³/mol. The molecule has 0 spiro atoms. The van der Waals surface area contributed by atoms with Crippen molar-refractivity contribution < 1.29 is 9.18 Å². The van der Waals surface area contributed by atoms with Gasteiger partial charge in [0.05, 0.1) is 11.2 Å². The van der Waals surface area contributed by atoms with Crippen LogP contribution in [0.4, 0.5) is 4.39 Å². The molecule has 2 heterocycles. The third-order valence-electron chi connectivity index (χ3n) is 4.86. The molecule has 158 valence electrons. The van der Waals surface area contributed by atoms with Crippen molar-refractivity contribution in [3.8, 4) is 5.69 Å². The van der Waals surface area contributed by atoms with Crippen molar-refractivity contribution in [1.82, 2.24) is 14.5 Å². The molecule has 2 aromatic carbocycles. The Balaban J connectivity index is 1.70. The third-order valence-corrected chi connectivity index (χ3v) is 6.00. The molecule has 1 amide bonds. The molecule has 0 saturated heterocycles. The lowest BCUT2D eigenvalue weighted by molar-refractivity contribution is -0.121. The van der Waals surface area contributed by atoms with E-state index in [0.29, 0.717) is 20.8 Å². The first-order chi connectivity index (χ1) is 14.8. The molecule has 4 aromatic rings. The van der Waals surface area contributed by atoms with Crippen molar-refractivity contribution in [2.24, 2.45) is 0 Å². The van der Waals surface area contributed by atoms with Crippen molar-refractivity contribution >= 4 is 39.1 Å². The Hall–Kier alpha value is -3.23. The van der Waals surface area contributed by atoms with Crippen LogP contribution in [0, 0.1) is 12.7 Å². The van der Waals surface area contributed by atoms with Crippen LogP contribution in [0.3, 0.4) is 0 Å². The molecule has 0 aliphatic rings. The molecule has 0 atom stereocenters. The fourth-order valence-corrected chi connectivity index (χ4v) is 4.19. The number of aryl methyl sites for hydroxylation is 1. The van der Waals surface area contributed by atoms with E-state index in [1.54, 1.807) is 42.6 Å². The maximum atomic E-state index is 13.7. The lowest BCUT2D eigenvalue weighted by atomic mass is 10.2. The Morgan fingerprint density at radius 1 is 1.13 bits per heavy atom. The highest BCUT2D eigenvalue weighted by Crippen LogP contribution is 2.17. The first kappa shape index (κ1) is 21.0. The van der Waals surface area contributed by atoms with E-state index in [1.165, 1.54) is 34.1 Å². The van der Waals surface area contributed by atoms with E-state index in [9.17, 15) is 18.8 Å². The van der Waals surface area contributed by atoms with Gasteiger partial charge in [0, 0.05) is 11.6 Å². The van der Waals surface area contributed by atoms with Crippen LogP contribution in [0.15, 0.2) is 63.5 Å². The van der Waals surface area contributed by atoms with Crippen LogP contribution >= 0.6 is 22.9 Å². The number of nitrogens with one attached hydrogen (secondary N) is 1. The highest BCUT2D eigenvalue weighted by molar-refractivity contribution is 7.17. The number of aromatic nitrogens is 2. The molecule has 0 aliphatic heterocycles. The van der Waals surface area contributed by atoms with Crippen molar-refractivity contribution in [1.29, 1.82) is 0 Å². The summed E-state index contributed by atoms with van der Waals surface area (Å²) in [7, 11) is 0. The predicted octanol–water partition coefficient (Wildman–Crippen LogP) is 3.63. The minimum Gasteiger partial charge on any atom is -0.350 e. The van der Waals surface area contributed by atoms with Crippen LogP contribution < -0.4 is 16.6 Å². The van der Waals surface area contributed by atoms with Gasteiger partial charge < -0.3 is 5.32 Å². The van der Waals surface area contributed by atoms with Crippen LogP contribution in [0.25, 0.3) is 15.9 Å². The number of carbonyl (C=O) groups excluding carboxylic acids is 1. The molecule has 1 N–H and O–H groups in total. The van der Waals surface area contributed by atoms with E-state index >= 15 is 0 Å². The van der Waals surface area contributed by atoms with Gasteiger partial charge in [-0.1, -0.05) is 23.7 Å². The number of fused-ring (bicyclic) bond motifs is 1. The standard InChI is InChI=1S/C22H17ClFN3O3S/c1-13-10-16(6-7-17(13)24)27-21(29)20-18(8-9-31-20)26(22(27)30)12-19(28)25-11-14-2-4-15(23)5-3-14/h2-10H,11-12H2,1H3,(H,25,28). The molecule has 0 aliphatic carbocycles. The molecule has 0 bridgehead atoms. The summed E-state index contributed by atoms with van der Waals surface area (Å²) in [6.07, 6.45) is 0. The maximum Gasteiger partial charge on any atom is 0.336 e. The summed E-state index contributed by atoms with van der Waals surface area (Å²) < 4.78 is 16.3. The van der Waals surface area contributed by atoms with Gasteiger partial charge in [-0.3, -0.25) is 14.2 Å². The van der Waals surface area contributed by atoms with Crippen LogP contribution in [0.1, 0.15) is 11.1 Å². The average Bonchev–Trinajstić information content (AvgIpc) is 3.23. The second-order valence-electron chi connectivity index (χ2n) is 6.98. The number of rotatable bonds is 5. The van der Waals surface area contributed by atoms with E-state index < -0.39 is 17.1 Å². The van der Waals surface area contributed by atoms with Crippen LogP contribution in [-0.2, 0) is 17.9 Å². The Morgan fingerprint density at radius 2 is 1.87 bits per heavy atom. The molecular weight excluding hydrogens is 441 g/mol. The zero-order valence-corrected chi connectivity index (χ0v) is 18.0. The average molecular weight is 458 g/mol. The molecule has 0 unspecified atom stereocenters. The van der Waals surface area contributed by atoms with Gasteiger partial charge in [0.15, 0.2) is 0 Å². The summed E-state index contributed by atoms with van der Waals surface area (Å²) in [5, 5.41) is 5.05. The Kier molecular flexibility index (Phi) is 5.75. The second-order valence-corrected chi connectivity index (χ2v) is 8.33. The minimum absolute atomic E-state index is 0.250. The number of benzene rings is 2. The minimum atomic E-state index is -0.663. The van der Waals surface area contributed by atoms with Gasteiger partial charge in [0.25, 0.3) is 5.56 Å². The molecular formula is C22H17ClFN3O3S. The summed E-state index contributed by atoms with van der Waals surface area (Å²) in [6.45, 7) is 1.56. The highest BCUT2D eigenvalue weighted by atomic mass is 35.5. The van der Waals surface area contributed by atoms with Gasteiger partial charge >= 0.3 is 5.69 Å². The summed E-state index contributed by atoms with van der Waals surface area (Å²) in [5.41, 5.74) is 0.637. The number of hydrogen-bond acceptors (Lipinski definition) is 4. The number of thiophene rings is 1. The van der Waals surface area contributed by atoms with Gasteiger partial charge in [0.2, 0.25) is 5.91 Å². The van der Waals surface area contributed by atoms with Gasteiger partial charge in [0.1, 0.15) is 17.1 Å². The number of hydrogen-bond donors (Lipinski definition) is 1. The van der Waals surface area contributed by atoms with Gasteiger partial charge in [-0.15, -0.1) is 11.3 Å². The van der Waals surface area contributed by atoms with Crippen molar-refractivity contribution in [2.75, 3.05) is 0 Å². The molecule has 2 aromatic heterocycles. The van der Waals surface area contributed by atoms with Gasteiger partial charge in [-0.2, -0.15) is 0 Å². The van der Waals surface area contributed by atoms with Crippen molar-refractivity contribution in [3.63, 3.8) is 0 Å². The zero-order valence-electron chi connectivity index (χ0n) is 16.4. The summed E-state index contributed by atoms with van der Waals surface area (Å²) in [4.78, 5) is 38.7. The Morgan fingerprint density at radius 3 is 2.58 bits per heavy atom. The fraction of sp³-hybridized carbons (Fsp3) is 0.136. The largest absolute Gasteiger partial charge is 0.350 e. The van der Waals surface area contributed by atoms with Crippen LogP contribution in [-0.4, -0.2) is 15.0 Å². The highest BCUT2D eigenvalue weighted by Gasteiger charge is 2.18. The summed E-state index contributed by atoms with van der Waals surface area (Å²) in [6, 6.07) is 12.7. The Bertz CT molecular complexity index is 1410. The molecule has 4 rings (SSSR count).